The molecule has 11 heavy (non-hydrogen) atoms. The average molecular weight is 160 g/mol. The van der Waals surface area contributed by atoms with Crippen molar-refractivity contribution in [1.29, 1.82) is 0 Å². The van der Waals surface area contributed by atoms with Gasteiger partial charge in [-0.15, -0.1) is 0 Å². The maximum atomic E-state index is 13.7. The third-order valence-corrected chi connectivity index (χ3v) is 3.01. The van der Waals surface area contributed by atoms with Gasteiger partial charge in [-0.3, -0.25) is 0 Å². The molecule has 0 aromatic carbocycles. The molecule has 66 valence electrons. The van der Waals surface area contributed by atoms with E-state index in [0.29, 0.717) is 19.1 Å². The van der Waals surface area contributed by atoms with Crippen LogP contribution in [-0.2, 0) is 4.74 Å². The van der Waals surface area contributed by atoms with Gasteiger partial charge < -0.3 is 4.74 Å². The van der Waals surface area contributed by atoms with Crippen molar-refractivity contribution in [2.45, 2.75) is 33.4 Å². The minimum absolute atomic E-state index is 0.229. The highest BCUT2D eigenvalue weighted by molar-refractivity contribution is 5.00. The second-order valence-electron chi connectivity index (χ2n) is 4.28. The Hall–Kier alpha value is -0.110. The summed E-state index contributed by atoms with van der Waals surface area (Å²) in [5, 5.41) is 0. The van der Waals surface area contributed by atoms with Gasteiger partial charge in [-0.2, -0.15) is 0 Å². The molecule has 1 heterocycles. The standard InChI is InChI=1S/C9H17FO/c1-7(2)9(5-11-6-9)8(3,4)10/h7H,5-6H2,1-4H3. The smallest absolute Gasteiger partial charge is 0.115 e. The van der Waals surface area contributed by atoms with E-state index in [1.54, 1.807) is 13.8 Å². The zero-order chi connectivity index (χ0) is 8.70. The van der Waals surface area contributed by atoms with E-state index in [9.17, 15) is 4.39 Å². The second kappa shape index (κ2) is 2.44. The highest BCUT2D eigenvalue weighted by atomic mass is 19.1. The number of hydrogen-bond acceptors (Lipinski definition) is 1. The molecule has 1 fully saturated rings. The Morgan fingerprint density at radius 3 is 1.82 bits per heavy atom. The average Bonchev–Trinajstić information content (AvgIpc) is 1.52. The normalized spacial score (nSPS) is 23.5. The summed E-state index contributed by atoms with van der Waals surface area (Å²) in [6, 6.07) is 0. The highest BCUT2D eigenvalue weighted by Gasteiger charge is 2.53. The molecule has 1 aliphatic rings. The summed E-state index contributed by atoms with van der Waals surface area (Å²) in [5.74, 6) is 0.358. The Bertz CT molecular complexity index is 142. The lowest BCUT2D eigenvalue weighted by Crippen LogP contribution is -2.58. The molecule has 1 nitrogen and oxygen atoms in total. The van der Waals surface area contributed by atoms with E-state index >= 15 is 0 Å². The fourth-order valence-electron chi connectivity index (χ4n) is 1.68. The Balaban J connectivity index is 2.76. The van der Waals surface area contributed by atoms with Gasteiger partial charge in [-0.05, 0) is 19.8 Å². The lowest BCUT2D eigenvalue weighted by atomic mass is 9.66. The van der Waals surface area contributed by atoms with Crippen molar-refractivity contribution in [1.82, 2.24) is 0 Å². The van der Waals surface area contributed by atoms with Gasteiger partial charge in [0.1, 0.15) is 5.67 Å². The van der Waals surface area contributed by atoms with Crippen molar-refractivity contribution in [3.8, 4) is 0 Å². The first-order valence-corrected chi connectivity index (χ1v) is 4.17. The van der Waals surface area contributed by atoms with Gasteiger partial charge >= 0.3 is 0 Å². The minimum atomic E-state index is -1.11. The SMILES string of the molecule is CC(C)C1(C(C)(C)F)COC1. The third kappa shape index (κ3) is 1.18. The maximum Gasteiger partial charge on any atom is 0.115 e. The number of alkyl halides is 1. The van der Waals surface area contributed by atoms with Crippen LogP contribution in [0.25, 0.3) is 0 Å². The van der Waals surface area contributed by atoms with Gasteiger partial charge in [0.25, 0.3) is 0 Å². The summed E-state index contributed by atoms with van der Waals surface area (Å²) in [4.78, 5) is 0. The molecule has 0 aliphatic carbocycles. The van der Waals surface area contributed by atoms with E-state index in [2.05, 4.69) is 13.8 Å². The number of hydrogen-bond donors (Lipinski definition) is 0. The van der Waals surface area contributed by atoms with Gasteiger partial charge in [0.15, 0.2) is 0 Å². The van der Waals surface area contributed by atoms with Crippen LogP contribution in [0.2, 0.25) is 0 Å². The number of ether oxygens (including phenoxy) is 1. The van der Waals surface area contributed by atoms with Gasteiger partial charge in [0.05, 0.1) is 18.6 Å². The largest absolute Gasteiger partial charge is 0.380 e. The summed E-state index contributed by atoms with van der Waals surface area (Å²) in [6.07, 6.45) is 0. The highest BCUT2D eigenvalue weighted by Crippen LogP contribution is 2.46. The monoisotopic (exact) mass is 160 g/mol. The molecular formula is C9H17FO. The van der Waals surface area contributed by atoms with E-state index in [-0.39, 0.29) is 5.41 Å². The van der Waals surface area contributed by atoms with Crippen molar-refractivity contribution in [2.24, 2.45) is 11.3 Å². The Labute approximate surface area is 67.9 Å². The van der Waals surface area contributed by atoms with Crippen LogP contribution in [0.15, 0.2) is 0 Å². The van der Waals surface area contributed by atoms with Crippen molar-refractivity contribution >= 4 is 0 Å². The maximum absolute atomic E-state index is 13.7. The van der Waals surface area contributed by atoms with Crippen LogP contribution in [0.5, 0.6) is 0 Å². The molecule has 0 aromatic heterocycles. The lowest BCUT2D eigenvalue weighted by molar-refractivity contribution is -0.205. The zero-order valence-corrected chi connectivity index (χ0v) is 7.78. The molecule has 0 amide bonds. The third-order valence-electron chi connectivity index (χ3n) is 3.01. The van der Waals surface area contributed by atoms with Gasteiger partial charge in [0, 0.05) is 0 Å². The molecule has 0 radical (unpaired) electrons. The molecule has 0 aromatic rings. The van der Waals surface area contributed by atoms with Crippen molar-refractivity contribution < 1.29 is 9.13 Å². The molecule has 0 spiro atoms. The predicted octanol–water partition coefficient (Wildman–Crippen LogP) is 2.41. The molecule has 1 aliphatic heterocycles. The van der Waals surface area contributed by atoms with Gasteiger partial charge in [-0.25, -0.2) is 4.39 Å². The first-order chi connectivity index (χ1) is 4.90. The van der Waals surface area contributed by atoms with Crippen molar-refractivity contribution in [3.63, 3.8) is 0 Å². The summed E-state index contributed by atoms with van der Waals surface area (Å²) >= 11 is 0. The molecule has 0 unspecified atom stereocenters. The van der Waals surface area contributed by atoms with Crippen LogP contribution in [-0.4, -0.2) is 18.9 Å². The summed E-state index contributed by atoms with van der Waals surface area (Å²) in [7, 11) is 0. The Morgan fingerprint density at radius 1 is 1.36 bits per heavy atom. The Kier molecular flexibility index (Phi) is 1.99. The molecule has 0 bridgehead atoms. The van der Waals surface area contributed by atoms with E-state index in [1.165, 1.54) is 0 Å². The van der Waals surface area contributed by atoms with Gasteiger partial charge in [0.2, 0.25) is 0 Å². The van der Waals surface area contributed by atoms with Crippen molar-refractivity contribution in [2.75, 3.05) is 13.2 Å². The summed E-state index contributed by atoms with van der Waals surface area (Å²) in [6.45, 7) is 8.57. The van der Waals surface area contributed by atoms with Crippen LogP contribution >= 0.6 is 0 Å². The Morgan fingerprint density at radius 2 is 1.82 bits per heavy atom. The molecular weight excluding hydrogens is 143 g/mol. The molecule has 0 atom stereocenters. The number of halogens is 1. The van der Waals surface area contributed by atoms with Crippen LogP contribution in [0.1, 0.15) is 27.7 Å². The summed E-state index contributed by atoms with van der Waals surface area (Å²) in [5.41, 5.74) is -1.34. The van der Waals surface area contributed by atoms with Crippen LogP contribution in [0.4, 0.5) is 4.39 Å². The second-order valence-corrected chi connectivity index (χ2v) is 4.28. The minimum Gasteiger partial charge on any atom is -0.380 e. The van der Waals surface area contributed by atoms with Crippen LogP contribution in [0, 0.1) is 11.3 Å². The van der Waals surface area contributed by atoms with Crippen LogP contribution in [0.3, 0.4) is 0 Å². The molecule has 0 saturated carbocycles. The van der Waals surface area contributed by atoms with Crippen molar-refractivity contribution in [3.05, 3.63) is 0 Å². The van der Waals surface area contributed by atoms with Crippen LogP contribution < -0.4 is 0 Å². The fraction of sp³-hybridized carbons (Fsp3) is 1.00. The fourth-order valence-corrected chi connectivity index (χ4v) is 1.68. The summed E-state index contributed by atoms with van der Waals surface area (Å²) < 4.78 is 18.7. The first kappa shape index (κ1) is 8.98. The van der Waals surface area contributed by atoms with E-state index < -0.39 is 5.67 Å². The lowest BCUT2D eigenvalue weighted by Gasteiger charge is -2.51. The first-order valence-electron chi connectivity index (χ1n) is 4.17. The van der Waals surface area contributed by atoms with E-state index in [1.807, 2.05) is 0 Å². The number of rotatable bonds is 2. The zero-order valence-electron chi connectivity index (χ0n) is 7.78. The quantitative estimate of drug-likeness (QED) is 0.602. The predicted molar refractivity (Wildman–Crippen MR) is 43.3 cm³/mol. The van der Waals surface area contributed by atoms with E-state index in [4.69, 9.17) is 4.74 Å². The molecule has 0 N–H and O–H groups in total. The molecule has 1 rings (SSSR count). The molecule has 2 heteroatoms. The topological polar surface area (TPSA) is 9.23 Å². The molecule has 1 saturated heterocycles. The van der Waals surface area contributed by atoms with E-state index in [0.717, 1.165) is 0 Å². The van der Waals surface area contributed by atoms with Gasteiger partial charge in [-0.1, -0.05) is 13.8 Å².